The average Bonchev–Trinajstić information content (AvgIpc) is 2.96. The number of fused-ring (bicyclic) bond motifs is 1. The van der Waals surface area contributed by atoms with Gasteiger partial charge in [-0.05, 0) is 71.2 Å². The van der Waals surface area contributed by atoms with E-state index in [-0.39, 0.29) is 34.9 Å². The van der Waals surface area contributed by atoms with Crippen LogP contribution in [-0.4, -0.2) is 32.0 Å². The number of hydrogen-bond acceptors (Lipinski definition) is 4. The van der Waals surface area contributed by atoms with Crippen molar-refractivity contribution in [2.45, 2.75) is 37.6 Å². The minimum Gasteiger partial charge on any atom is -0.326 e. The minimum absolute atomic E-state index is 0.0240. The molecule has 1 heterocycles. The molecule has 0 saturated carbocycles. The Kier molecular flexibility index (Phi) is 6.50. The Morgan fingerprint density at radius 1 is 1.17 bits per heavy atom. The van der Waals surface area contributed by atoms with Crippen molar-refractivity contribution in [1.29, 1.82) is 0 Å². The first kappa shape index (κ1) is 22.0. The molecule has 0 bridgehead atoms. The summed E-state index contributed by atoms with van der Waals surface area (Å²) in [6, 6.07) is 10.3. The summed E-state index contributed by atoms with van der Waals surface area (Å²) in [6.07, 6.45) is 0.498. The zero-order chi connectivity index (χ0) is 21.3. The maximum Gasteiger partial charge on any atom is 0.225 e. The predicted octanol–water partition coefficient (Wildman–Crippen LogP) is 4.31. The van der Waals surface area contributed by atoms with E-state index in [2.05, 4.69) is 37.2 Å². The largest absolute Gasteiger partial charge is 0.326 e. The topological polar surface area (TPSA) is 83.6 Å². The highest BCUT2D eigenvalue weighted by molar-refractivity contribution is 9.10. The van der Waals surface area contributed by atoms with Crippen LogP contribution in [0.3, 0.4) is 0 Å². The van der Waals surface area contributed by atoms with Gasteiger partial charge < -0.3 is 10.2 Å². The minimum atomic E-state index is -3.73. The molecule has 0 aliphatic carbocycles. The van der Waals surface area contributed by atoms with Crippen LogP contribution in [-0.2, 0) is 25.8 Å². The first-order chi connectivity index (χ1) is 13.6. The second kappa shape index (κ2) is 8.57. The van der Waals surface area contributed by atoms with Gasteiger partial charge >= 0.3 is 0 Å². The Hall–Kier alpha value is -1.71. The number of nitrogens with zero attached hydrogens (tertiary/aromatic N) is 1. The number of halogens is 2. The van der Waals surface area contributed by atoms with E-state index in [4.69, 9.17) is 0 Å². The molecule has 0 radical (unpaired) electrons. The molecule has 2 aromatic carbocycles. The highest BCUT2D eigenvalue weighted by Crippen LogP contribution is 2.38. The molecule has 3 rings (SSSR count). The van der Waals surface area contributed by atoms with Crippen molar-refractivity contribution in [2.75, 3.05) is 16.0 Å². The second-order valence-electron chi connectivity index (χ2n) is 6.98. The Morgan fingerprint density at radius 2 is 1.83 bits per heavy atom. The lowest BCUT2D eigenvalue weighted by atomic mass is 10.1. The molecule has 1 aliphatic heterocycles. The van der Waals surface area contributed by atoms with Crippen LogP contribution in [0.2, 0.25) is 0 Å². The van der Waals surface area contributed by atoms with Gasteiger partial charge in [-0.3, -0.25) is 9.59 Å². The van der Waals surface area contributed by atoms with Crippen molar-refractivity contribution in [1.82, 2.24) is 0 Å². The highest BCUT2D eigenvalue weighted by atomic mass is 79.9. The number of hydrogen-bond donors (Lipinski definition) is 1. The van der Waals surface area contributed by atoms with Gasteiger partial charge in [0.15, 0.2) is 9.84 Å². The van der Waals surface area contributed by atoms with Gasteiger partial charge in [0.05, 0.1) is 10.6 Å². The van der Waals surface area contributed by atoms with Crippen LogP contribution in [0.15, 0.2) is 50.2 Å². The summed E-state index contributed by atoms with van der Waals surface area (Å²) < 4.78 is 27.1. The molecule has 0 aromatic heterocycles. The molecule has 9 heteroatoms. The van der Waals surface area contributed by atoms with Gasteiger partial charge in [0.1, 0.15) is 0 Å². The summed E-state index contributed by atoms with van der Waals surface area (Å²) >= 11 is 6.66. The molecule has 2 amide bonds. The molecule has 0 fully saturated rings. The summed E-state index contributed by atoms with van der Waals surface area (Å²) in [5.41, 5.74) is 2.14. The van der Waals surface area contributed by atoms with E-state index in [1.54, 1.807) is 35.2 Å². The molecule has 29 heavy (non-hydrogen) atoms. The Morgan fingerprint density at radius 3 is 2.45 bits per heavy atom. The average molecular weight is 544 g/mol. The van der Waals surface area contributed by atoms with Gasteiger partial charge in [0, 0.05) is 39.7 Å². The van der Waals surface area contributed by atoms with Crippen molar-refractivity contribution in [3.8, 4) is 0 Å². The van der Waals surface area contributed by atoms with Crippen LogP contribution in [0, 0.1) is 0 Å². The summed E-state index contributed by atoms with van der Waals surface area (Å²) in [6.45, 7) is 3.39. The summed E-state index contributed by atoms with van der Waals surface area (Å²) in [5.74, 6) is -0.842. The van der Waals surface area contributed by atoms with Crippen LogP contribution in [0.5, 0.6) is 0 Å². The van der Waals surface area contributed by atoms with Crippen molar-refractivity contribution in [3.63, 3.8) is 0 Å². The van der Waals surface area contributed by atoms with E-state index in [1.807, 2.05) is 6.92 Å². The van der Waals surface area contributed by atoms with Crippen LogP contribution >= 0.6 is 31.9 Å². The van der Waals surface area contributed by atoms with Crippen LogP contribution in [0.4, 0.5) is 11.4 Å². The van der Waals surface area contributed by atoms with Crippen molar-refractivity contribution in [3.05, 3.63) is 50.9 Å². The predicted molar refractivity (Wildman–Crippen MR) is 120 cm³/mol. The van der Waals surface area contributed by atoms with Crippen LogP contribution in [0.25, 0.3) is 0 Å². The number of nitrogens with one attached hydrogen (secondary N) is 1. The lowest BCUT2D eigenvalue weighted by Crippen LogP contribution is -2.33. The van der Waals surface area contributed by atoms with E-state index < -0.39 is 9.84 Å². The number of anilines is 2. The molecular weight excluding hydrogens is 524 g/mol. The molecular formula is C20H20Br2N2O4S. The van der Waals surface area contributed by atoms with Gasteiger partial charge in [-0.1, -0.05) is 15.9 Å². The highest BCUT2D eigenvalue weighted by Gasteiger charge is 2.32. The third-order valence-electron chi connectivity index (χ3n) is 4.75. The van der Waals surface area contributed by atoms with Crippen molar-refractivity contribution < 1.29 is 18.0 Å². The number of sulfone groups is 1. The maximum atomic E-state index is 12.9. The van der Waals surface area contributed by atoms with Gasteiger partial charge in [-0.15, -0.1) is 0 Å². The maximum absolute atomic E-state index is 12.9. The Balaban J connectivity index is 1.77. The molecule has 0 spiro atoms. The number of carbonyl (C=O) groups excluding carboxylic acids is 2. The van der Waals surface area contributed by atoms with Crippen molar-refractivity contribution in [2.24, 2.45) is 0 Å². The SMILES string of the molecule is CC(=O)N1c2cc(S(=O)(=O)CCC(=O)Nc3ccc(Br)cc3)c(Br)cc2C[C@@H]1C. The molecule has 1 aliphatic rings. The third kappa shape index (κ3) is 4.90. The zero-order valence-electron chi connectivity index (χ0n) is 15.9. The number of rotatable bonds is 5. The van der Waals surface area contributed by atoms with Gasteiger partial charge in [-0.25, -0.2) is 8.42 Å². The quantitative estimate of drug-likeness (QED) is 0.609. The Labute approximate surface area is 186 Å². The second-order valence-corrected chi connectivity index (χ2v) is 10.8. The smallest absolute Gasteiger partial charge is 0.225 e. The summed E-state index contributed by atoms with van der Waals surface area (Å²) in [5, 5.41) is 2.69. The van der Waals surface area contributed by atoms with E-state index in [1.165, 1.54) is 13.0 Å². The number of amides is 2. The first-order valence-corrected chi connectivity index (χ1v) is 12.2. The monoisotopic (exact) mass is 542 g/mol. The molecule has 0 saturated heterocycles. The molecule has 6 nitrogen and oxygen atoms in total. The summed E-state index contributed by atoms with van der Waals surface area (Å²) in [4.78, 5) is 25.9. The fraction of sp³-hybridized carbons (Fsp3) is 0.300. The normalized spacial score (nSPS) is 15.9. The molecule has 0 unspecified atom stereocenters. The van der Waals surface area contributed by atoms with E-state index in [0.717, 1.165) is 10.0 Å². The zero-order valence-corrected chi connectivity index (χ0v) is 19.9. The standard InChI is InChI=1S/C20H20Br2N2O4S/c1-12-9-14-10-17(22)19(11-18(14)24(12)13(2)25)29(27,28)8-7-20(26)23-16-5-3-15(21)4-6-16/h3-6,10-12H,7-9H2,1-2H3,(H,23,26)/t12-/m0/s1. The molecule has 154 valence electrons. The molecule has 1 atom stereocenters. The van der Waals surface area contributed by atoms with Crippen LogP contribution < -0.4 is 10.2 Å². The molecule has 1 N–H and O–H groups in total. The number of carbonyl (C=O) groups is 2. The summed E-state index contributed by atoms with van der Waals surface area (Å²) in [7, 11) is -3.73. The van der Waals surface area contributed by atoms with E-state index in [0.29, 0.717) is 22.3 Å². The van der Waals surface area contributed by atoms with Gasteiger partial charge in [-0.2, -0.15) is 0 Å². The van der Waals surface area contributed by atoms with E-state index in [9.17, 15) is 18.0 Å². The fourth-order valence-corrected chi connectivity index (χ4v) is 6.15. The Bertz CT molecular complexity index is 1070. The fourth-order valence-electron chi connectivity index (χ4n) is 3.43. The molecule has 2 aromatic rings. The lowest BCUT2D eigenvalue weighted by Gasteiger charge is -2.21. The third-order valence-corrected chi connectivity index (χ3v) is 7.95. The van der Waals surface area contributed by atoms with Crippen molar-refractivity contribution >= 4 is 64.9 Å². The van der Waals surface area contributed by atoms with Gasteiger partial charge in [0.25, 0.3) is 0 Å². The lowest BCUT2D eigenvalue weighted by molar-refractivity contribution is -0.117. The van der Waals surface area contributed by atoms with Crippen LogP contribution in [0.1, 0.15) is 25.8 Å². The first-order valence-electron chi connectivity index (χ1n) is 8.99. The number of benzene rings is 2. The van der Waals surface area contributed by atoms with E-state index >= 15 is 0 Å². The van der Waals surface area contributed by atoms with Gasteiger partial charge in [0.2, 0.25) is 11.8 Å².